The molecule has 2 N–H and O–H groups in total. The number of pyridine rings is 1. The molecule has 0 saturated heterocycles. The lowest BCUT2D eigenvalue weighted by atomic mass is 10.1. The topological polar surface area (TPSA) is 54.4 Å². The number of fused-ring (bicyclic) bond motifs is 1. The Hall–Kier alpha value is -2.43. The largest absolute Gasteiger partial charge is 0.490 e. The molecule has 0 aliphatic heterocycles. The van der Waals surface area contributed by atoms with Gasteiger partial charge in [0.05, 0.1) is 0 Å². The number of rotatable bonds is 9. The number of aryl methyl sites for hydroxylation is 1. The highest BCUT2D eigenvalue weighted by Crippen LogP contribution is 2.24. The van der Waals surface area contributed by atoms with Crippen LogP contribution in [0.15, 0.2) is 67.0 Å². The molecular formula is C21H24N2O2. The van der Waals surface area contributed by atoms with Crippen LogP contribution in [0.3, 0.4) is 0 Å². The highest BCUT2D eigenvalue weighted by Gasteiger charge is 2.07. The van der Waals surface area contributed by atoms with Gasteiger partial charge in [-0.2, -0.15) is 0 Å². The Morgan fingerprint density at radius 2 is 1.92 bits per heavy atom. The quantitative estimate of drug-likeness (QED) is 0.589. The van der Waals surface area contributed by atoms with Crippen molar-refractivity contribution in [2.45, 2.75) is 18.9 Å². The van der Waals surface area contributed by atoms with Gasteiger partial charge in [-0.05, 0) is 37.1 Å². The van der Waals surface area contributed by atoms with Gasteiger partial charge in [0.15, 0.2) is 0 Å². The molecule has 0 bridgehead atoms. The zero-order valence-corrected chi connectivity index (χ0v) is 14.3. The molecule has 4 nitrogen and oxygen atoms in total. The van der Waals surface area contributed by atoms with E-state index in [1.54, 1.807) is 6.20 Å². The predicted molar refractivity (Wildman–Crippen MR) is 101 cm³/mol. The maximum absolute atomic E-state index is 10.1. The molecule has 0 unspecified atom stereocenters. The van der Waals surface area contributed by atoms with Crippen LogP contribution in [0.1, 0.15) is 12.0 Å². The molecule has 0 aliphatic carbocycles. The second-order valence-corrected chi connectivity index (χ2v) is 6.11. The standard InChI is InChI=1S/C21H24N2O2/c24-19(15-22-12-5-8-17-6-2-1-3-7-17)16-25-21-10-4-9-18-14-23-13-11-20(18)21/h1-4,6-7,9-11,13-14,19,22,24H,5,8,12,15-16H2/t19-/m1/s1. The van der Waals surface area contributed by atoms with Crippen molar-refractivity contribution in [3.05, 3.63) is 72.6 Å². The van der Waals surface area contributed by atoms with Gasteiger partial charge in [0, 0.05) is 29.7 Å². The second kappa shape index (κ2) is 9.16. The van der Waals surface area contributed by atoms with Gasteiger partial charge in [-0.15, -0.1) is 0 Å². The molecule has 0 spiro atoms. The smallest absolute Gasteiger partial charge is 0.127 e. The van der Waals surface area contributed by atoms with Gasteiger partial charge < -0.3 is 15.2 Å². The normalized spacial score (nSPS) is 12.2. The van der Waals surface area contributed by atoms with Crippen LogP contribution < -0.4 is 10.1 Å². The number of hydrogen-bond acceptors (Lipinski definition) is 4. The minimum Gasteiger partial charge on any atom is -0.490 e. The Kier molecular flexibility index (Phi) is 6.37. The zero-order chi connectivity index (χ0) is 17.3. The third-order valence-corrected chi connectivity index (χ3v) is 4.11. The number of nitrogens with one attached hydrogen (secondary N) is 1. The van der Waals surface area contributed by atoms with Crippen LogP contribution in [0.4, 0.5) is 0 Å². The third kappa shape index (κ3) is 5.28. The fraction of sp³-hybridized carbons (Fsp3) is 0.286. The van der Waals surface area contributed by atoms with E-state index in [4.69, 9.17) is 4.74 Å². The SMILES string of the molecule is O[C@H](CNCCCc1ccccc1)COc1cccc2cnccc12. The van der Waals surface area contributed by atoms with Crippen molar-refractivity contribution >= 4 is 10.8 Å². The van der Waals surface area contributed by atoms with Crippen LogP contribution in [0.5, 0.6) is 5.75 Å². The lowest BCUT2D eigenvalue weighted by molar-refractivity contribution is 0.107. The average Bonchev–Trinajstić information content (AvgIpc) is 2.67. The number of aliphatic hydroxyl groups excluding tert-OH is 1. The first-order chi connectivity index (χ1) is 12.3. The first-order valence-electron chi connectivity index (χ1n) is 8.71. The van der Waals surface area contributed by atoms with Crippen molar-refractivity contribution in [2.24, 2.45) is 0 Å². The highest BCUT2D eigenvalue weighted by molar-refractivity contribution is 5.87. The molecule has 1 aromatic heterocycles. The van der Waals surface area contributed by atoms with E-state index in [0.717, 1.165) is 35.9 Å². The van der Waals surface area contributed by atoms with Crippen LogP contribution in [0.25, 0.3) is 10.8 Å². The molecule has 0 saturated carbocycles. The molecule has 0 fully saturated rings. The lowest BCUT2D eigenvalue weighted by Gasteiger charge is -2.14. The summed E-state index contributed by atoms with van der Waals surface area (Å²) >= 11 is 0. The van der Waals surface area contributed by atoms with E-state index < -0.39 is 6.10 Å². The van der Waals surface area contributed by atoms with Crippen LogP contribution in [-0.2, 0) is 6.42 Å². The molecule has 0 radical (unpaired) electrons. The number of aromatic nitrogens is 1. The van der Waals surface area contributed by atoms with Crippen molar-refractivity contribution in [3.8, 4) is 5.75 Å². The fourth-order valence-corrected chi connectivity index (χ4v) is 2.79. The van der Waals surface area contributed by atoms with Gasteiger partial charge in [0.25, 0.3) is 0 Å². The Morgan fingerprint density at radius 3 is 2.80 bits per heavy atom. The van der Waals surface area contributed by atoms with E-state index in [2.05, 4.69) is 34.6 Å². The molecule has 4 heteroatoms. The molecule has 0 aliphatic rings. The molecular weight excluding hydrogens is 312 g/mol. The minimum atomic E-state index is -0.534. The van der Waals surface area contributed by atoms with Gasteiger partial charge in [-0.1, -0.05) is 42.5 Å². The molecule has 1 atom stereocenters. The number of hydrogen-bond donors (Lipinski definition) is 2. The van der Waals surface area contributed by atoms with Crippen molar-refractivity contribution in [3.63, 3.8) is 0 Å². The van der Waals surface area contributed by atoms with Gasteiger partial charge >= 0.3 is 0 Å². The van der Waals surface area contributed by atoms with E-state index >= 15 is 0 Å². The number of aliphatic hydroxyl groups is 1. The maximum atomic E-state index is 10.1. The summed E-state index contributed by atoms with van der Waals surface area (Å²) in [6.07, 6.45) is 5.12. The summed E-state index contributed by atoms with van der Waals surface area (Å²) in [4.78, 5) is 4.11. The Morgan fingerprint density at radius 1 is 1.04 bits per heavy atom. The number of ether oxygens (including phenoxy) is 1. The molecule has 3 rings (SSSR count). The predicted octanol–water partition coefficient (Wildman–Crippen LogP) is 3.20. The second-order valence-electron chi connectivity index (χ2n) is 6.11. The van der Waals surface area contributed by atoms with Gasteiger partial charge in [0.2, 0.25) is 0 Å². The van der Waals surface area contributed by atoms with E-state index in [0.29, 0.717) is 6.54 Å². The van der Waals surface area contributed by atoms with Crippen molar-refractivity contribution < 1.29 is 9.84 Å². The summed E-state index contributed by atoms with van der Waals surface area (Å²) in [5.41, 5.74) is 1.35. The zero-order valence-electron chi connectivity index (χ0n) is 14.3. The monoisotopic (exact) mass is 336 g/mol. The van der Waals surface area contributed by atoms with Crippen molar-refractivity contribution in [1.82, 2.24) is 10.3 Å². The summed E-state index contributed by atoms with van der Waals surface area (Å²) in [7, 11) is 0. The Balaban J connectivity index is 1.37. The molecule has 1 heterocycles. The minimum absolute atomic E-state index is 0.271. The summed E-state index contributed by atoms with van der Waals surface area (Å²) < 4.78 is 5.79. The first-order valence-corrected chi connectivity index (χ1v) is 8.71. The molecule has 25 heavy (non-hydrogen) atoms. The van der Waals surface area contributed by atoms with Crippen LogP contribution >= 0.6 is 0 Å². The van der Waals surface area contributed by atoms with E-state index in [1.165, 1.54) is 5.56 Å². The average molecular weight is 336 g/mol. The first kappa shape index (κ1) is 17.4. The molecule has 0 amide bonds. The highest BCUT2D eigenvalue weighted by atomic mass is 16.5. The van der Waals surface area contributed by atoms with E-state index in [1.807, 2.05) is 36.5 Å². The summed E-state index contributed by atoms with van der Waals surface area (Å²) in [6.45, 7) is 1.68. The Labute approximate surface area is 148 Å². The maximum Gasteiger partial charge on any atom is 0.127 e. The van der Waals surface area contributed by atoms with Crippen molar-refractivity contribution in [1.29, 1.82) is 0 Å². The van der Waals surface area contributed by atoms with Gasteiger partial charge in [-0.3, -0.25) is 4.98 Å². The third-order valence-electron chi connectivity index (χ3n) is 4.11. The Bertz CT molecular complexity index is 772. The fourth-order valence-electron chi connectivity index (χ4n) is 2.79. The molecule has 3 aromatic rings. The summed E-state index contributed by atoms with van der Waals surface area (Å²) in [6, 6.07) is 18.2. The van der Waals surface area contributed by atoms with E-state index in [9.17, 15) is 5.11 Å². The van der Waals surface area contributed by atoms with Crippen LogP contribution in [0.2, 0.25) is 0 Å². The van der Waals surface area contributed by atoms with Gasteiger partial charge in [-0.25, -0.2) is 0 Å². The molecule has 130 valence electrons. The van der Waals surface area contributed by atoms with Crippen LogP contribution in [-0.4, -0.2) is 35.9 Å². The number of benzene rings is 2. The number of nitrogens with zero attached hydrogens (tertiary/aromatic N) is 1. The van der Waals surface area contributed by atoms with E-state index in [-0.39, 0.29) is 6.61 Å². The lowest BCUT2D eigenvalue weighted by Crippen LogP contribution is -2.32. The van der Waals surface area contributed by atoms with Crippen LogP contribution in [0, 0.1) is 0 Å². The summed E-state index contributed by atoms with van der Waals surface area (Å²) in [5.74, 6) is 0.781. The van der Waals surface area contributed by atoms with Crippen molar-refractivity contribution in [2.75, 3.05) is 19.7 Å². The van der Waals surface area contributed by atoms with Gasteiger partial charge in [0.1, 0.15) is 18.5 Å². The molecule has 2 aromatic carbocycles. The summed E-state index contributed by atoms with van der Waals surface area (Å²) in [5, 5.41) is 15.4.